The molecule has 0 aromatic heterocycles. The number of ether oxygens (including phenoxy) is 1. The van der Waals surface area contributed by atoms with Crippen molar-refractivity contribution in [3.63, 3.8) is 0 Å². The molecule has 1 aliphatic rings. The normalized spacial score (nSPS) is 24.1. The molecule has 2 N–H and O–H groups in total. The number of carbonyl (C=O) groups is 1. The predicted molar refractivity (Wildman–Crippen MR) is 92.1 cm³/mol. The van der Waals surface area contributed by atoms with E-state index in [1.54, 1.807) is 0 Å². The summed E-state index contributed by atoms with van der Waals surface area (Å²) in [4.78, 5) is 11.8. The van der Waals surface area contributed by atoms with Gasteiger partial charge in [-0.05, 0) is 59.3 Å². The third-order valence-corrected chi connectivity index (χ3v) is 4.70. The molecule has 0 aliphatic heterocycles. The molecule has 4 heteroatoms. The molecule has 1 fully saturated rings. The number of alkyl carbamates (subject to hydrolysis) is 1. The van der Waals surface area contributed by atoms with Crippen LogP contribution >= 0.6 is 0 Å². The molecule has 0 aromatic carbocycles. The lowest BCUT2D eigenvalue weighted by atomic mass is 9.88. The fourth-order valence-corrected chi connectivity index (χ4v) is 3.38. The molecule has 0 saturated heterocycles. The topological polar surface area (TPSA) is 50.4 Å². The summed E-state index contributed by atoms with van der Waals surface area (Å²) in [5, 5.41) is 6.79. The van der Waals surface area contributed by atoms with Crippen LogP contribution in [0.1, 0.15) is 80.1 Å². The number of amides is 1. The Kier molecular flexibility index (Phi) is 7.67. The summed E-state index contributed by atoms with van der Waals surface area (Å²) in [5.41, 5.74) is -0.423. The van der Waals surface area contributed by atoms with Crippen LogP contribution in [0.3, 0.4) is 0 Å². The maximum atomic E-state index is 11.8. The van der Waals surface area contributed by atoms with Crippen molar-refractivity contribution in [2.45, 2.75) is 104 Å². The van der Waals surface area contributed by atoms with E-state index in [4.69, 9.17) is 4.74 Å². The Bertz CT molecular complexity index is 326. The molecule has 1 unspecified atom stereocenters. The summed E-state index contributed by atoms with van der Waals surface area (Å²) in [6, 6.07) is 1.43. The highest BCUT2D eigenvalue weighted by Gasteiger charge is 2.26. The van der Waals surface area contributed by atoms with Crippen molar-refractivity contribution in [3.8, 4) is 0 Å². The zero-order valence-corrected chi connectivity index (χ0v) is 15.4. The van der Waals surface area contributed by atoms with Crippen LogP contribution in [0.15, 0.2) is 0 Å². The van der Waals surface area contributed by atoms with E-state index in [0.717, 1.165) is 31.6 Å². The van der Waals surface area contributed by atoms with Crippen LogP contribution in [0, 0.1) is 5.92 Å². The second-order valence-electron chi connectivity index (χ2n) is 7.73. The van der Waals surface area contributed by atoms with Crippen molar-refractivity contribution in [2.24, 2.45) is 5.92 Å². The van der Waals surface area contributed by atoms with Gasteiger partial charge in [0, 0.05) is 18.1 Å². The lowest BCUT2D eigenvalue weighted by molar-refractivity contribution is 0.0488. The molecule has 1 aliphatic carbocycles. The molecule has 1 atom stereocenters. The van der Waals surface area contributed by atoms with Crippen molar-refractivity contribution in [1.29, 1.82) is 0 Å². The van der Waals surface area contributed by atoms with Gasteiger partial charge in [-0.1, -0.05) is 26.7 Å². The smallest absolute Gasteiger partial charge is 0.407 e. The lowest BCUT2D eigenvalue weighted by Gasteiger charge is -2.34. The quantitative estimate of drug-likeness (QED) is 0.771. The average Bonchev–Trinajstić information content (AvgIpc) is 2.40. The standard InChI is InChI=1S/C18H36N2O2/c1-7-14(8-2)13(3)19-15-9-11-16(12-10-15)20-17(21)22-18(4,5)6/h13-16,19H,7-12H2,1-6H3,(H,20,21). The Morgan fingerprint density at radius 2 is 1.59 bits per heavy atom. The predicted octanol–water partition coefficient (Wildman–Crippen LogP) is 4.24. The van der Waals surface area contributed by atoms with Gasteiger partial charge >= 0.3 is 6.09 Å². The van der Waals surface area contributed by atoms with Gasteiger partial charge < -0.3 is 15.4 Å². The molecule has 0 spiro atoms. The Morgan fingerprint density at radius 1 is 1.09 bits per heavy atom. The van der Waals surface area contributed by atoms with E-state index in [1.165, 1.54) is 12.8 Å². The molecule has 1 amide bonds. The molecule has 0 radical (unpaired) electrons. The van der Waals surface area contributed by atoms with Gasteiger partial charge in [0.2, 0.25) is 0 Å². The summed E-state index contributed by atoms with van der Waals surface area (Å²) in [7, 11) is 0. The number of hydrogen-bond acceptors (Lipinski definition) is 3. The Balaban J connectivity index is 2.30. The van der Waals surface area contributed by atoms with Crippen molar-refractivity contribution in [3.05, 3.63) is 0 Å². The summed E-state index contributed by atoms with van der Waals surface area (Å²) in [5.74, 6) is 0.762. The van der Waals surface area contributed by atoms with Crippen LogP contribution in [0.25, 0.3) is 0 Å². The minimum Gasteiger partial charge on any atom is -0.444 e. The van der Waals surface area contributed by atoms with Crippen LogP contribution in [-0.4, -0.2) is 29.8 Å². The molecule has 130 valence electrons. The summed E-state index contributed by atoms with van der Waals surface area (Å²) in [6.45, 7) is 12.5. The first-order valence-electron chi connectivity index (χ1n) is 9.00. The lowest BCUT2D eigenvalue weighted by Crippen LogP contribution is -2.47. The van der Waals surface area contributed by atoms with E-state index in [-0.39, 0.29) is 12.1 Å². The number of carbonyl (C=O) groups excluding carboxylic acids is 1. The van der Waals surface area contributed by atoms with Crippen LogP contribution in [0.4, 0.5) is 4.79 Å². The largest absolute Gasteiger partial charge is 0.444 e. The number of nitrogens with one attached hydrogen (secondary N) is 2. The first kappa shape index (κ1) is 19.3. The third-order valence-electron chi connectivity index (χ3n) is 4.70. The van der Waals surface area contributed by atoms with E-state index < -0.39 is 5.60 Å². The van der Waals surface area contributed by atoms with Gasteiger partial charge in [0.1, 0.15) is 5.60 Å². The molecule has 4 nitrogen and oxygen atoms in total. The highest BCUT2D eigenvalue weighted by Crippen LogP contribution is 2.22. The van der Waals surface area contributed by atoms with Crippen LogP contribution in [-0.2, 0) is 4.74 Å². The van der Waals surface area contributed by atoms with E-state index in [2.05, 4.69) is 31.4 Å². The van der Waals surface area contributed by atoms with Crippen molar-refractivity contribution < 1.29 is 9.53 Å². The van der Waals surface area contributed by atoms with Gasteiger partial charge in [-0.25, -0.2) is 4.79 Å². The molecular weight excluding hydrogens is 276 g/mol. The van der Waals surface area contributed by atoms with Gasteiger partial charge in [-0.2, -0.15) is 0 Å². The average molecular weight is 312 g/mol. The van der Waals surface area contributed by atoms with Gasteiger partial charge in [-0.15, -0.1) is 0 Å². The third kappa shape index (κ3) is 6.99. The number of hydrogen-bond donors (Lipinski definition) is 2. The fourth-order valence-electron chi connectivity index (χ4n) is 3.38. The maximum Gasteiger partial charge on any atom is 0.407 e. The van der Waals surface area contributed by atoms with E-state index in [9.17, 15) is 4.79 Å². The van der Waals surface area contributed by atoms with E-state index in [0.29, 0.717) is 12.1 Å². The summed E-state index contributed by atoms with van der Waals surface area (Å²) < 4.78 is 5.33. The van der Waals surface area contributed by atoms with Crippen LogP contribution in [0.5, 0.6) is 0 Å². The zero-order chi connectivity index (χ0) is 16.8. The first-order chi connectivity index (χ1) is 10.2. The van der Waals surface area contributed by atoms with Gasteiger partial charge in [0.25, 0.3) is 0 Å². The molecule has 0 heterocycles. The Labute approximate surface area is 136 Å². The molecular formula is C18H36N2O2. The molecule has 22 heavy (non-hydrogen) atoms. The molecule has 1 rings (SSSR count). The maximum absolute atomic E-state index is 11.8. The summed E-state index contributed by atoms with van der Waals surface area (Å²) in [6.07, 6.45) is 6.52. The van der Waals surface area contributed by atoms with Crippen molar-refractivity contribution in [2.75, 3.05) is 0 Å². The zero-order valence-electron chi connectivity index (χ0n) is 15.4. The Hall–Kier alpha value is -0.770. The van der Waals surface area contributed by atoms with Crippen molar-refractivity contribution >= 4 is 6.09 Å². The van der Waals surface area contributed by atoms with E-state index >= 15 is 0 Å². The molecule has 1 saturated carbocycles. The van der Waals surface area contributed by atoms with E-state index in [1.807, 2.05) is 20.8 Å². The SMILES string of the molecule is CCC(CC)C(C)NC1CCC(NC(=O)OC(C)(C)C)CC1. The van der Waals surface area contributed by atoms with Crippen molar-refractivity contribution in [1.82, 2.24) is 10.6 Å². The first-order valence-corrected chi connectivity index (χ1v) is 9.00. The second-order valence-corrected chi connectivity index (χ2v) is 7.73. The van der Waals surface area contributed by atoms with Gasteiger partial charge in [0.15, 0.2) is 0 Å². The van der Waals surface area contributed by atoms with Crippen LogP contribution in [0.2, 0.25) is 0 Å². The Morgan fingerprint density at radius 3 is 2.05 bits per heavy atom. The highest BCUT2D eigenvalue weighted by molar-refractivity contribution is 5.68. The van der Waals surface area contributed by atoms with Crippen LogP contribution < -0.4 is 10.6 Å². The number of rotatable bonds is 6. The molecule has 0 aromatic rings. The second kappa shape index (κ2) is 8.76. The minimum atomic E-state index is -0.423. The highest BCUT2D eigenvalue weighted by atomic mass is 16.6. The monoisotopic (exact) mass is 312 g/mol. The summed E-state index contributed by atoms with van der Waals surface area (Å²) >= 11 is 0. The fraction of sp³-hybridized carbons (Fsp3) is 0.944. The van der Waals surface area contributed by atoms with Gasteiger partial charge in [-0.3, -0.25) is 0 Å². The van der Waals surface area contributed by atoms with Gasteiger partial charge in [0.05, 0.1) is 0 Å². The minimum absolute atomic E-state index is 0.261. The molecule has 0 bridgehead atoms.